The maximum atomic E-state index is 13.4. The first-order valence-electron chi connectivity index (χ1n) is 20.1. The Balaban J connectivity index is 0.985. The number of aromatic nitrogens is 4. The van der Waals surface area contributed by atoms with Crippen molar-refractivity contribution in [3.63, 3.8) is 0 Å². The number of fused-ring (bicyclic) bond motifs is 2. The minimum absolute atomic E-state index is 0.0348. The normalized spacial score (nSPS) is 16.6. The minimum atomic E-state index is -3.87. The van der Waals surface area contributed by atoms with Crippen molar-refractivity contribution < 1.29 is 42.0 Å². The molecule has 8 rings (SSSR count). The number of amides is 1. The van der Waals surface area contributed by atoms with E-state index >= 15 is 0 Å². The number of aromatic amines is 1. The number of nitrogens with zero attached hydrogens (tertiary/aromatic N) is 4. The number of nitrogens with one attached hydrogen (secondary N) is 2. The Morgan fingerprint density at radius 2 is 1.52 bits per heavy atom. The van der Waals surface area contributed by atoms with Crippen LogP contribution in [-0.2, 0) is 29.6 Å². The van der Waals surface area contributed by atoms with Crippen molar-refractivity contribution in [2.24, 2.45) is 0 Å². The molecule has 63 heavy (non-hydrogen) atoms. The van der Waals surface area contributed by atoms with Crippen LogP contribution in [0.4, 0.5) is 16.4 Å². The van der Waals surface area contributed by atoms with Crippen LogP contribution < -0.4 is 25.2 Å². The van der Waals surface area contributed by atoms with Crippen molar-refractivity contribution in [2.45, 2.75) is 35.4 Å². The van der Waals surface area contributed by atoms with Gasteiger partial charge in [-0.1, -0.05) is 78.9 Å². The van der Waals surface area contributed by atoms with Crippen molar-refractivity contribution in [3.05, 3.63) is 149 Å². The fraction of sp³-hybridized carbons (Fsp3) is 0.261. The van der Waals surface area contributed by atoms with E-state index < -0.39 is 57.9 Å². The lowest BCUT2D eigenvalue weighted by Crippen LogP contribution is -2.38. The smallest absolute Gasteiger partial charge is 0.414 e. The summed E-state index contributed by atoms with van der Waals surface area (Å²) in [6.07, 6.45) is -2.22. The summed E-state index contributed by atoms with van der Waals surface area (Å²) in [5, 5.41) is 15.1. The predicted molar refractivity (Wildman–Crippen MR) is 236 cm³/mol. The number of hydrogen-bond donors (Lipinski definition) is 3. The van der Waals surface area contributed by atoms with E-state index in [0.29, 0.717) is 16.9 Å². The van der Waals surface area contributed by atoms with Crippen LogP contribution in [0.15, 0.2) is 131 Å². The molecule has 3 heterocycles. The standard InChI is InChI=1S/C46H46N6O10S/c1-51(2)36-14-8-13-35-34(36)12-9-15-39(35)63(56,57)25-24-60-45(55)50-44-48-42-41(43(54)49-44)47-28-52(42)40-26-37(53)38(62-40)27-61-46(29-10-6-5-7-11-29,30-16-20-32(58-3)21-17-30)31-18-22-33(59-4)23-19-31/h5-23,28,37-38,40,53H,24-27H2,1-4H3,(H2,48,49,50,54,55)/t37-,38+,40+/m0/s1. The predicted octanol–water partition coefficient (Wildman–Crippen LogP) is 6.04. The molecule has 1 saturated heterocycles. The molecule has 1 fully saturated rings. The lowest BCUT2D eigenvalue weighted by Gasteiger charge is -2.37. The van der Waals surface area contributed by atoms with Gasteiger partial charge in [-0.15, -0.1) is 0 Å². The number of H-pyrrole nitrogens is 1. The number of hydrogen-bond acceptors (Lipinski definition) is 13. The summed E-state index contributed by atoms with van der Waals surface area (Å²) in [6.45, 7) is -0.528. The van der Waals surface area contributed by atoms with E-state index in [-0.39, 0.29) is 35.0 Å². The van der Waals surface area contributed by atoms with Gasteiger partial charge in [-0.05, 0) is 53.1 Å². The molecule has 17 heteroatoms. The molecule has 0 radical (unpaired) electrons. The topological polar surface area (TPSA) is 196 Å². The second kappa shape index (κ2) is 17.9. The van der Waals surface area contributed by atoms with Crippen LogP contribution in [0, 0.1) is 0 Å². The van der Waals surface area contributed by atoms with Crippen LogP contribution in [-0.4, -0.2) is 98.6 Å². The van der Waals surface area contributed by atoms with Gasteiger partial charge >= 0.3 is 6.09 Å². The van der Waals surface area contributed by atoms with E-state index in [9.17, 15) is 23.1 Å². The number of sulfone groups is 1. The summed E-state index contributed by atoms with van der Waals surface area (Å²) in [4.78, 5) is 39.2. The number of carbonyl (C=O) groups excluding carboxylic acids is 1. The number of aliphatic hydroxyl groups excluding tert-OH is 1. The zero-order valence-corrected chi connectivity index (χ0v) is 35.7. The molecule has 7 aromatic rings. The Hall–Kier alpha value is -6.79. The first-order chi connectivity index (χ1) is 30.4. The maximum absolute atomic E-state index is 13.4. The van der Waals surface area contributed by atoms with Gasteiger partial charge < -0.3 is 33.7 Å². The molecule has 16 nitrogen and oxygen atoms in total. The first kappa shape index (κ1) is 42.9. The lowest BCUT2D eigenvalue weighted by atomic mass is 9.80. The van der Waals surface area contributed by atoms with Crippen LogP contribution in [0.3, 0.4) is 0 Å². The summed E-state index contributed by atoms with van der Waals surface area (Å²) in [6, 6.07) is 35.4. The molecule has 1 aliphatic heterocycles. The van der Waals surface area contributed by atoms with Gasteiger partial charge in [-0.25, -0.2) is 18.2 Å². The third-order valence-electron chi connectivity index (χ3n) is 11.1. The Morgan fingerprint density at radius 1 is 0.889 bits per heavy atom. The second-order valence-corrected chi connectivity index (χ2v) is 17.2. The second-order valence-electron chi connectivity index (χ2n) is 15.1. The van der Waals surface area contributed by atoms with E-state index in [1.807, 2.05) is 110 Å². The lowest BCUT2D eigenvalue weighted by molar-refractivity contribution is -0.0931. The fourth-order valence-electron chi connectivity index (χ4n) is 7.93. The van der Waals surface area contributed by atoms with E-state index in [2.05, 4.69) is 20.3 Å². The molecule has 1 amide bonds. The van der Waals surface area contributed by atoms with Crippen molar-refractivity contribution in [1.29, 1.82) is 0 Å². The summed E-state index contributed by atoms with van der Waals surface area (Å²) < 4.78 is 57.9. The molecule has 326 valence electrons. The third kappa shape index (κ3) is 8.55. The largest absolute Gasteiger partial charge is 0.497 e. The Morgan fingerprint density at radius 3 is 2.17 bits per heavy atom. The van der Waals surface area contributed by atoms with Gasteiger partial charge in [-0.2, -0.15) is 4.98 Å². The monoisotopic (exact) mass is 874 g/mol. The highest BCUT2D eigenvalue weighted by molar-refractivity contribution is 7.91. The SMILES string of the molecule is COc1ccc(C(OC[C@H]2O[C@@H](n3cnc4c(=O)[nH]c(NC(=O)OCCS(=O)(=O)c5cccc6c(N(C)C)cccc56)nc43)C[C@@H]2O)(c2ccccc2)c2ccc(OC)cc2)cc1. The van der Waals surface area contributed by atoms with Gasteiger partial charge in [0.25, 0.3) is 5.56 Å². The number of anilines is 2. The zero-order chi connectivity index (χ0) is 44.3. The number of ether oxygens (including phenoxy) is 5. The van der Waals surface area contributed by atoms with Crippen molar-refractivity contribution in [2.75, 3.05) is 57.5 Å². The van der Waals surface area contributed by atoms with Gasteiger partial charge in [0.05, 0.1) is 43.9 Å². The molecule has 0 unspecified atom stereocenters. The summed E-state index contributed by atoms with van der Waals surface area (Å²) >= 11 is 0. The average molecular weight is 875 g/mol. The summed E-state index contributed by atoms with van der Waals surface area (Å²) in [5.74, 6) is 0.591. The molecule has 0 aliphatic carbocycles. The molecule has 3 atom stereocenters. The van der Waals surface area contributed by atoms with Gasteiger partial charge in [-0.3, -0.25) is 19.7 Å². The third-order valence-corrected chi connectivity index (χ3v) is 12.8. The number of imidazole rings is 1. The molecule has 5 aromatic carbocycles. The van der Waals surface area contributed by atoms with Crippen molar-refractivity contribution >= 4 is 49.5 Å². The molecule has 0 bridgehead atoms. The van der Waals surface area contributed by atoms with Crippen LogP contribution in [0.1, 0.15) is 29.3 Å². The highest BCUT2D eigenvalue weighted by atomic mass is 32.2. The highest BCUT2D eigenvalue weighted by Gasteiger charge is 2.42. The number of aliphatic hydroxyl groups is 1. The number of carbonyl (C=O) groups is 1. The van der Waals surface area contributed by atoms with Gasteiger partial charge in [0.1, 0.15) is 36.0 Å². The average Bonchev–Trinajstić information content (AvgIpc) is 3.89. The van der Waals surface area contributed by atoms with E-state index in [1.54, 1.807) is 32.4 Å². The van der Waals surface area contributed by atoms with E-state index in [4.69, 9.17) is 23.7 Å². The molecule has 0 spiro atoms. The molecule has 2 aromatic heterocycles. The van der Waals surface area contributed by atoms with Crippen LogP contribution >= 0.6 is 0 Å². The molecular formula is C46H46N6O10S. The van der Waals surface area contributed by atoms with Crippen LogP contribution in [0.2, 0.25) is 0 Å². The minimum Gasteiger partial charge on any atom is -0.497 e. The van der Waals surface area contributed by atoms with Gasteiger partial charge in [0, 0.05) is 37.0 Å². The number of methoxy groups -OCH3 is 2. The summed E-state index contributed by atoms with van der Waals surface area (Å²) in [5.41, 5.74) is 1.51. The Bertz CT molecular complexity index is 2860. The molecular weight excluding hydrogens is 829 g/mol. The quantitative estimate of drug-likeness (QED) is 0.101. The van der Waals surface area contributed by atoms with Crippen molar-refractivity contribution in [1.82, 2.24) is 19.5 Å². The zero-order valence-electron chi connectivity index (χ0n) is 34.9. The maximum Gasteiger partial charge on any atom is 0.414 e. The van der Waals surface area contributed by atoms with Crippen LogP contribution in [0.25, 0.3) is 21.9 Å². The fourth-order valence-corrected chi connectivity index (χ4v) is 9.25. The summed E-state index contributed by atoms with van der Waals surface area (Å²) in [7, 11) is 3.08. The van der Waals surface area contributed by atoms with E-state index in [0.717, 1.165) is 27.8 Å². The van der Waals surface area contributed by atoms with Gasteiger partial charge in [0.15, 0.2) is 21.0 Å². The molecule has 0 saturated carbocycles. The van der Waals surface area contributed by atoms with Crippen LogP contribution in [0.5, 0.6) is 11.5 Å². The highest BCUT2D eigenvalue weighted by Crippen LogP contribution is 2.43. The molecule has 1 aliphatic rings. The molecule has 3 N–H and O–H groups in total. The van der Waals surface area contributed by atoms with Gasteiger partial charge in [0.2, 0.25) is 5.95 Å². The number of benzene rings is 5. The van der Waals surface area contributed by atoms with E-state index in [1.165, 1.54) is 17.0 Å². The van der Waals surface area contributed by atoms with Crippen molar-refractivity contribution in [3.8, 4) is 11.5 Å². The Kier molecular flexibility index (Phi) is 12.2. The first-order valence-corrected chi connectivity index (χ1v) is 21.7. The number of rotatable bonds is 15. The Labute approximate surface area is 362 Å².